The fourth-order valence-corrected chi connectivity index (χ4v) is 3.11. The molecule has 104 valence electrons. The second-order valence-electron chi connectivity index (χ2n) is 6.27. The molecule has 1 aromatic heterocycles. The summed E-state index contributed by atoms with van der Waals surface area (Å²) in [6, 6.07) is 0.527. The number of aromatic nitrogens is 1. The monoisotopic (exact) mass is 268 g/mol. The van der Waals surface area contributed by atoms with E-state index >= 15 is 0 Å². The minimum absolute atomic E-state index is 0.148. The summed E-state index contributed by atoms with van der Waals surface area (Å²) in [7, 11) is 0. The maximum Gasteiger partial charge on any atom is 0.0931 e. The standard InChI is InChI=1S/C15H28N2S/c1-7-8-9-13-17-14(15(4,5)6)12(18-13)10-16-11(2)3/h11,16H,7-10H2,1-6H3. The highest BCUT2D eigenvalue weighted by molar-refractivity contribution is 7.11. The highest BCUT2D eigenvalue weighted by Crippen LogP contribution is 2.30. The third-order valence-electron chi connectivity index (χ3n) is 2.87. The van der Waals surface area contributed by atoms with Crippen molar-refractivity contribution in [3.05, 3.63) is 15.6 Å². The number of hydrogen-bond donors (Lipinski definition) is 1. The van der Waals surface area contributed by atoms with E-state index in [4.69, 9.17) is 4.98 Å². The zero-order valence-corrected chi connectivity index (χ0v) is 13.6. The number of nitrogens with zero attached hydrogens (tertiary/aromatic N) is 1. The molecule has 18 heavy (non-hydrogen) atoms. The molecule has 0 fully saturated rings. The zero-order valence-electron chi connectivity index (χ0n) is 12.8. The number of aryl methyl sites for hydroxylation is 1. The molecule has 0 aromatic carbocycles. The molecule has 1 aromatic rings. The highest BCUT2D eigenvalue weighted by atomic mass is 32.1. The quantitative estimate of drug-likeness (QED) is 0.833. The second kappa shape index (κ2) is 6.67. The molecule has 0 radical (unpaired) electrons. The molecule has 0 aliphatic carbocycles. The Morgan fingerprint density at radius 2 is 1.94 bits per heavy atom. The first-order chi connectivity index (χ1) is 8.34. The Balaban J connectivity index is 2.87. The van der Waals surface area contributed by atoms with Crippen LogP contribution < -0.4 is 5.32 Å². The van der Waals surface area contributed by atoms with Gasteiger partial charge in [-0.05, 0) is 12.8 Å². The van der Waals surface area contributed by atoms with Gasteiger partial charge in [0, 0.05) is 22.9 Å². The molecular formula is C15H28N2S. The summed E-state index contributed by atoms with van der Waals surface area (Å²) in [5.41, 5.74) is 1.43. The molecule has 0 aliphatic heterocycles. The van der Waals surface area contributed by atoms with E-state index in [-0.39, 0.29) is 5.41 Å². The van der Waals surface area contributed by atoms with Gasteiger partial charge in [0.25, 0.3) is 0 Å². The predicted molar refractivity (Wildman–Crippen MR) is 81.4 cm³/mol. The molecular weight excluding hydrogens is 240 g/mol. The van der Waals surface area contributed by atoms with Gasteiger partial charge in [-0.1, -0.05) is 48.0 Å². The first kappa shape index (κ1) is 15.6. The van der Waals surface area contributed by atoms with Gasteiger partial charge in [-0.3, -0.25) is 0 Å². The molecule has 0 aliphatic rings. The predicted octanol–water partition coefficient (Wildman–Crippen LogP) is 4.28. The lowest BCUT2D eigenvalue weighted by Gasteiger charge is -2.18. The van der Waals surface area contributed by atoms with Crippen LogP contribution in [0.25, 0.3) is 0 Å². The van der Waals surface area contributed by atoms with Crippen LogP contribution >= 0.6 is 11.3 Å². The molecule has 1 rings (SSSR count). The summed E-state index contributed by atoms with van der Waals surface area (Å²) in [4.78, 5) is 6.29. The number of hydrogen-bond acceptors (Lipinski definition) is 3. The molecule has 0 saturated heterocycles. The molecule has 3 heteroatoms. The van der Waals surface area contributed by atoms with E-state index in [1.807, 2.05) is 11.3 Å². The summed E-state index contributed by atoms with van der Waals surface area (Å²) in [5, 5.41) is 4.82. The Hall–Kier alpha value is -0.410. The SMILES string of the molecule is CCCCc1nc(C(C)(C)C)c(CNC(C)C)s1. The van der Waals surface area contributed by atoms with Crippen LogP contribution in [0.3, 0.4) is 0 Å². The summed E-state index contributed by atoms with van der Waals surface area (Å²) >= 11 is 1.89. The van der Waals surface area contributed by atoms with E-state index in [1.54, 1.807) is 0 Å². The Kier molecular flexibility index (Phi) is 5.80. The third-order valence-corrected chi connectivity index (χ3v) is 3.98. The van der Waals surface area contributed by atoms with Gasteiger partial charge in [-0.2, -0.15) is 0 Å². The molecule has 2 nitrogen and oxygen atoms in total. The molecule has 1 N–H and O–H groups in total. The normalized spacial score (nSPS) is 12.4. The fourth-order valence-electron chi connectivity index (χ4n) is 1.84. The van der Waals surface area contributed by atoms with Gasteiger partial charge in [0.1, 0.15) is 0 Å². The molecule has 1 heterocycles. The topological polar surface area (TPSA) is 24.9 Å². The van der Waals surface area contributed by atoms with Crippen molar-refractivity contribution in [1.29, 1.82) is 0 Å². The van der Waals surface area contributed by atoms with Gasteiger partial charge in [0.2, 0.25) is 0 Å². The van der Waals surface area contributed by atoms with E-state index in [0.717, 1.165) is 13.0 Å². The molecule has 0 amide bonds. The number of nitrogens with one attached hydrogen (secondary N) is 1. The van der Waals surface area contributed by atoms with Crippen molar-refractivity contribution in [3.63, 3.8) is 0 Å². The molecule has 0 spiro atoms. The maximum absolute atomic E-state index is 4.88. The Labute approximate surface area is 116 Å². The van der Waals surface area contributed by atoms with Crippen molar-refractivity contribution in [2.24, 2.45) is 0 Å². The van der Waals surface area contributed by atoms with Crippen LogP contribution in [0.4, 0.5) is 0 Å². The Bertz CT molecular complexity index is 361. The van der Waals surface area contributed by atoms with Crippen molar-refractivity contribution in [2.75, 3.05) is 0 Å². The van der Waals surface area contributed by atoms with E-state index in [0.29, 0.717) is 6.04 Å². The van der Waals surface area contributed by atoms with E-state index in [1.165, 1.54) is 28.4 Å². The summed E-state index contributed by atoms with van der Waals surface area (Å²) in [6.07, 6.45) is 3.62. The van der Waals surface area contributed by atoms with Gasteiger partial charge in [-0.15, -0.1) is 11.3 Å². The van der Waals surface area contributed by atoms with Gasteiger partial charge in [0.05, 0.1) is 10.7 Å². The summed E-state index contributed by atoms with van der Waals surface area (Å²) in [6.45, 7) is 14.3. The van der Waals surface area contributed by atoms with Crippen molar-refractivity contribution in [1.82, 2.24) is 10.3 Å². The summed E-state index contributed by atoms with van der Waals surface area (Å²) < 4.78 is 0. The fraction of sp³-hybridized carbons (Fsp3) is 0.800. The smallest absolute Gasteiger partial charge is 0.0931 e. The zero-order chi connectivity index (χ0) is 13.8. The van der Waals surface area contributed by atoms with Crippen LogP contribution in [-0.4, -0.2) is 11.0 Å². The third kappa shape index (κ3) is 4.69. The van der Waals surface area contributed by atoms with Crippen LogP contribution in [0.1, 0.15) is 70.0 Å². The Morgan fingerprint density at radius 1 is 1.28 bits per heavy atom. The van der Waals surface area contributed by atoms with Crippen LogP contribution in [-0.2, 0) is 18.4 Å². The average Bonchev–Trinajstić information content (AvgIpc) is 2.66. The van der Waals surface area contributed by atoms with Crippen molar-refractivity contribution >= 4 is 11.3 Å². The summed E-state index contributed by atoms with van der Waals surface area (Å²) in [5.74, 6) is 0. The molecule has 0 unspecified atom stereocenters. The number of thiazole rings is 1. The van der Waals surface area contributed by atoms with Crippen LogP contribution in [0.5, 0.6) is 0 Å². The second-order valence-corrected chi connectivity index (χ2v) is 7.44. The van der Waals surface area contributed by atoms with E-state index in [9.17, 15) is 0 Å². The van der Waals surface area contributed by atoms with Gasteiger partial charge in [-0.25, -0.2) is 4.98 Å². The maximum atomic E-state index is 4.88. The minimum Gasteiger partial charge on any atom is -0.310 e. The minimum atomic E-state index is 0.148. The lowest BCUT2D eigenvalue weighted by atomic mass is 9.91. The first-order valence-electron chi connectivity index (χ1n) is 7.07. The molecule has 0 atom stereocenters. The molecule has 0 bridgehead atoms. The van der Waals surface area contributed by atoms with Crippen molar-refractivity contribution < 1.29 is 0 Å². The van der Waals surface area contributed by atoms with Crippen LogP contribution in [0.2, 0.25) is 0 Å². The number of rotatable bonds is 6. The van der Waals surface area contributed by atoms with Crippen molar-refractivity contribution in [2.45, 2.75) is 78.8 Å². The largest absolute Gasteiger partial charge is 0.310 e. The highest BCUT2D eigenvalue weighted by Gasteiger charge is 2.22. The van der Waals surface area contributed by atoms with Gasteiger partial charge < -0.3 is 5.32 Å². The van der Waals surface area contributed by atoms with E-state index < -0.39 is 0 Å². The van der Waals surface area contributed by atoms with Crippen LogP contribution in [0, 0.1) is 0 Å². The first-order valence-corrected chi connectivity index (χ1v) is 7.88. The van der Waals surface area contributed by atoms with Gasteiger partial charge >= 0.3 is 0 Å². The average molecular weight is 268 g/mol. The van der Waals surface area contributed by atoms with Crippen LogP contribution in [0.15, 0.2) is 0 Å². The van der Waals surface area contributed by atoms with Crippen molar-refractivity contribution in [3.8, 4) is 0 Å². The Morgan fingerprint density at radius 3 is 2.44 bits per heavy atom. The lowest BCUT2D eigenvalue weighted by Crippen LogP contribution is -2.23. The lowest BCUT2D eigenvalue weighted by molar-refractivity contribution is 0.544. The molecule has 0 saturated carbocycles. The van der Waals surface area contributed by atoms with E-state index in [2.05, 4.69) is 46.9 Å². The van der Waals surface area contributed by atoms with Gasteiger partial charge in [0.15, 0.2) is 0 Å². The number of unbranched alkanes of at least 4 members (excludes halogenated alkanes) is 1.